The van der Waals surface area contributed by atoms with Gasteiger partial charge in [0.2, 0.25) is 0 Å². The van der Waals surface area contributed by atoms with Crippen LogP contribution in [0.5, 0.6) is 5.75 Å². The maximum Gasteiger partial charge on any atom is 0.317 e. The Labute approximate surface area is 134 Å². The summed E-state index contributed by atoms with van der Waals surface area (Å²) in [5, 5.41) is 2.75. The molecule has 23 heavy (non-hydrogen) atoms. The predicted molar refractivity (Wildman–Crippen MR) is 81.5 cm³/mol. The lowest BCUT2D eigenvalue weighted by Gasteiger charge is -2.31. The summed E-state index contributed by atoms with van der Waals surface area (Å²) in [6.45, 7) is 4.47. The number of nitrogens with zero attached hydrogens (tertiary/aromatic N) is 1. The van der Waals surface area contributed by atoms with Crippen molar-refractivity contribution >= 4 is 6.03 Å². The fraction of sp³-hybridized carbons (Fsp3) is 0.562. The number of hydrogen-bond acceptors (Lipinski definition) is 3. The summed E-state index contributed by atoms with van der Waals surface area (Å²) < 4.78 is 36.6. The highest BCUT2D eigenvalue weighted by atomic mass is 19.2. The zero-order valence-electron chi connectivity index (χ0n) is 13.2. The molecule has 0 atom stereocenters. The van der Waals surface area contributed by atoms with Crippen LogP contribution in [0.1, 0.15) is 19.8 Å². The van der Waals surface area contributed by atoms with E-state index in [1.807, 2.05) is 6.92 Å². The summed E-state index contributed by atoms with van der Waals surface area (Å²) in [6.07, 6.45) is 1.92. The molecule has 0 unspecified atom stereocenters. The molecule has 1 fully saturated rings. The summed E-state index contributed by atoms with van der Waals surface area (Å²) in [7, 11) is 0. The molecule has 1 N–H and O–H groups in total. The average Bonchev–Trinajstić information content (AvgIpc) is 2.55. The van der Waals surface area contributed by atoms with E-state index in [4.69, 9.17) is 9.47 Å². The van der Waals surface area contributed by atoms with Crippen molar-refractivity contribution in [2.24, 2.45) is 0 Å². The number of carbonyl (C=O) groups excluding carboxylic acids is 1. The molecule has 2 amide bonds. The fourth-order valence-electron chi connectivity index (χ4n) is 2.47. The minimum atomic E-state index is -0.955. The van der Waals surface area contributed by atoms with Crippen LogP contribution < -0.4 is 10.1 Å². The smallest absolute Gasteiger partial charge is 0.317 e. The van der Waals surface area contributed by atoms with Crippen molar-refractivity contribution in [1.29, 1.82) is 0 Å². The molecule has 0 radical (unpaired) electrons. The number of benzene rings is 1. The fourth-order valence-corrected chi connectivity index (χ4v) is 2.47. The molecule has 1 saturated heterocycles. The van der Waals surface area contributed by atoms with E-state index >= 15 is 0 Å². The third kappa shape index (κ3) is 5.35. The summed E-state index contributed by atoms with van der Waals surface area (Å²) in [6, 6.07) is 3.19. The second-order valence-electron chi connectivity index (χ2n) is 5.30. The van der Waals surface area contributed by atoms with E-state index in [0.29, 0.717) is 26.2 Å². The minimum Gasteiger partial charge on any atom is -0.492 e. The van der Waals surface area contributed by atoms with Gasteiger partial charge < -0.3 is 19.7 Å². The van der Waals surface area contributed by atoms with Crippen molar-refractivity contribution in [3.63, 3.8) is 0 Å². The van der Waals surface area contributed by atoms with Crippen LogP contribution in [0, 0.1) is 11.6 Å². The highest BCUT2D eigenvalue weighted by molar-refractivity contribution is 5.74. The average molecular weight is 328 g/mol. The van der Waals surface area contributed by atoms with Gasteiger partial charge in [0.25, 0.3) is 0 Å². The molecule has 1 aliphatic heterocycles. The van der Waals surface area contributed by atoms with Crippen LogP contribution in [-0.2, 0) is 4.74 Å². The minimum absolute atomic E-state index is 0.145. The molecule has 0 bridgehead atoms. The van der Waals surface area contributed by atoms with Crippen molar-refractivity contribution in [2.75, 3.05) is 32.8 Å². The van der Waals surface area contributed by atoms with Crippen LogP contribution >= 0.6 is 0 Å². The number of halogens is 2. The van der Waals surface area contributed by atoms with E-state index in [2.05, 4.69) is 5.32 Å². The Kier molecular flexibility index (Phi) is 6.58. The molecule has 0 saturated carbocycles. The summed E-state index contributed by atoms with van der Waals surface area (Å²) >= 11 is 0. The van der Waals surface area contributed by atoms with E-state index in [9.17, 15) is 13.6 Å². The Morgan fingerprint density at radius 3 is 2.70 bits per heavy atom. The first-order chi connectivity index (χ1) is 11.1. The number of piperidine rings is 1. The lowest BCUT2D eigenvalue weighted by atomic mass is 10.1. The molecule has 0 spiro atoms. The molecule has 1 aromatic rings. The number of hydrogen-bond donors (Lipinski definition) is 1. The maximum atomic E-state index is 13.0. The van der Waals surface area contributed by atoms with Gasteiger partial charge in [-0.25, -0.2) is 13.6 Å². The van der Waals surface area contributed by atoms with Gasteiger partial charge in [-0.2, -0.15) is 0 Å². The molecular weight excluding hydrogens is 306 g/mol. The van der Waals surface area contributed by atoms with Gasteiger partial charge in [0.15, 0.2) is 11.6 Å². The summed E-state index contributed by atoms with van der Waals surface area (Å²) in [5.74, 6) is -1.64. The van der Waals surface area contributed by atoms with E-state index in [1.54, 1.807) is 4.90 Å². The number of rotatable bonds is 6. The molecule has 2 rings (SSSR count). The van der Waals surface area contributed by atoms with Crippen LogP contribution in [0.4, 0.5) is 13.6 Å². The van der Waals surface area contributed by atoms with Crippen molar-refractivity contribution < 1.29 is 23.0 Å². The zero-order chi connectivity index (χ0) is 16.7. The van der Waals surface area contributed by atoms with Crippen molar-refractivity contribution in [3.05, 3.63) is 29.8 Å². The Bertz CT molecular complexity index is 520. The maximum absolute atomic E-state index is 13.0. The van der Waals surface area contributed by atoms with Crippen molar-refractivity contribution in [1.82, 2.24) is 10.2 Å². The highest BCUT2D eigenvalue weighted by Crippen LogP contribution is 2.15. The first-order valence-corrected chi connectivity index (χ1v) is 7.82. The Balaban J connectivity index is 1.64. The van der Waals surface area contributed by atoms with Crippen molar-refractivity contribution in [3.8, 4) is 5.75 Å². The van der Waals surface area contributed by atoms with E-state index in [0.717, 1.165) is 25.0 Å². The van der Waals surface area contributed by atoms with Gasteiger partial charge in [0.1, 0.15) is 12.4 Å². The number of likely N-dealkylation sites (tertiary alicyclic amines) is 1. The van der Waals surface area contributed by atoms with Crippen LogP contribution in [0.2, 0.25) is 0 Å². The molecule has 7 heteroatoms. The lowest BCUT2D eigenvalue weighted by molar-refractivity contribution is 0.0219. The normalized spacial score (nSPS) is 15.5. The first kappa shape index (κ1) is 17.5. The molecule has 1 heterocycles. The highest BCUT2D eigenvalue weighted by Gasteiger charge is 2.22. The SMILES string of the molecule is CCOC1CCN(C(=O)NCCOc2ccc(F)c(F)c2)CC1. The molecule has 5 nitrogen and oxygen atoms in total. The predicted octanol–water partition coefficient (Wildman–Crippen LogP) is 2.55. The summed E-state index contributed by atoms with van der Waals surface area (Å²) in [4.78, 5) is 13.7. The number of urea groups is 1. The van der Waals surface area contributed by atoms with Crippen LogP contribution in [-0.4, -0.2) is 49.9 Å². The lowest BCUT2D eigenvalue weighted by Crippen LogP contribution is -2.46. The van der Waals surface area contributed by atoms with Crippen LogP contribution in [0.15, 0.2) is 18.2 Å². The molecule has 1 aromatic carbocycles. The standard InChI is InChI=1S/C16H22F2N2O3/c1-2-22-12-5-8-20(9-6-12)16(21)19-7-10-23-13-3-4-14(17)15(18)11-13/h3-4,11-12H,2,5-10H2,1H3,(H,19,21). The third-order valence-corrected chi connectivity index (χ3v) is 3.67. The molecule has 128 valence electrons. The van der Waals surface area contributed by atoms with Crippen LogP contribution in [0.25, 0.3) is 0 Å². The van der Waals surface area contributed by atoms with Gasteiger partial charge in [-0.05, 0) is 31.9 Å². The molecule has 0 aliphatic carbocycles. The Morgan fingerprint density at radius 1 is 1.30 bits per heavy atom. The van der Waals surface area contributed by atoms with Gasteiger partial charge in [0.05, 0.1) is 12.6 Å². The largest absolute Gasteiger partial charge is 0.492 e. The second-order valence-corrected chi connectivity index (χ2v) is 5.30. The van der Waals surface area contributed by atoms with Crippen LogP contribution in [0.3, 0.4) is 0 Å². The topological polar surface area (TPSA) is 50.8 Å². The Hall–Kier alpha value is -1.89. The zero-order valence-corrected chi connectivity index (χ0v) is 13.2. The van der Waals surface area contributed by atoms with Gasteiger partial charge in [-0.1, -0.05) is 0 Å². The van der Waals surface area contributed by atoms with Gasteiger partial charge in [0, 0.05) is 25.8 Å². The van der Waals surface area contributed by atoms with E-state index < -0.39 is 11.6 Å². The number of amides is 2. The first-order valence-electron chi connectivity index (χ1n) is 7.82. The summed E-state index contributed by atoms with van der Waals surface area (Å²) in [5.41, 5.74) is 0. The Morgan fingerprint density at radius 2 is 2.04 bits per heavy atom. The van der Waals surface area contributed by atoms with Gasteiger partial charge >= 0.3 is 6.03 Å². The quantitative estimate of drug-likeness (QED) is 0.817. The number of ether oxygens (including phenoxy) is 2. The third-order valence-electron chi connectivity index (χ3n) is 3.67. The number of carbonyl (C=O) groups is 1. The number of nitrogens with one attached hydrogen (secondary N) is 1. The van der Waals surface area contributed by atoms with E-state index in [-0.39, 0.29) is 24.5 Å². The van der Waals surface area contributed by atoms with E-state index in [1.165, 1.54) is 6.07 Å². The van der Waals surface area contributed by atoms with Gasteiger partial charge in [-0.3, -0.25) is 0 Å². The second kappa shape index (κ2) is 8.67. The van der Waals surface area contributed by atoms with Gasteiger partial charge in [-0.15, -0.1) is 0 Å². The van der Waals surface area contributed by atoms with Crippen molar-refractivity contribution in [2.45, 2.75) is 25.9 Å². The molecular formula is C16H22F2N2O3. The molecule has 1 aliphatic rings. The monoisotopic (exact) mass is 328 g/mol. The molecule has 0 aromatic heterocycles.